The predicted octanol–water partition coefficient (Wildman–Crippen LogP) is 4.15. The van der Waals surface area contributed by atoms with Gasteiger partial charge in [-0.3, -0.25) is 4.72 Å². The van der Waals surface area contributed by atoms with Crippen LogP contribution in [0, 0.1) is 0 Å². The summed E-state index contributed by atoms with van der Waals surface area (Å²) in [6, 6.07) is 17.3. The van der Waals surface area contributed by atoms with Crippen LogP contribution in [0.15, 0.2) is 65.6 Å². The first kappa shape index (κ1) is 19.6. The average Bonchev–Trinajstić information content (AvgIpc) is 2.70. The van der Waals surface area contributed by atoms with E-state index in [2.05, 4.69) is 34.1 Å². The second-order valence-corrected chi connectivity index (χ2v) is 8.17. The van der Waals surface area contributed by atoms with E-state index in [0.717, 1.165) is 17.0 Å². The summed E-state index contributed by atoms with van der Waals surface area (Å²) in [7, 11) is -2.12. The standard InChI is InChI=1S/C20H22N4O3S/c1-14(2)15-4-10-18(11-5-15)28(25,26)24-20-13-12-19(22-23-20)21-16-6-8-17(27-3)9-7-16/h4-14H,1-3H3,(H,21,22)(H,23,24). The van der Waals surface area contributed by atoms with Crippen molar-refractivity contribution < 1.29 is 13.2 Å². The highest BCUT2D eigenvalue weighted by molar-refractivity contribution is 7.92. The molecule has 146 valence electrons. The number of sulfonamides is 1. The Bertz CT molecular complexity index is 1020. The number of aromatic nitrogens is 2. The van der Waals surface area contributed by atoms with E-state index < -0.39 is 10.0 Å². The van der Waals surface area contributed by atoms with Crippen LogP contribution < -0.4 is 14.8 Å². The van der Waals surface area contributed by atoms with Crippen LogP contribution in [0.3, 0.4) is 0 Å². The zero-order chi connectivity index (χ0) is 20.1. The molecular weight excluding hydrogens is 376 g/mol. The molecule has 1 heterocycles. The van der Waals surface area contributed by atoms with Gasteiger partial charge in [0.15, 0.2) is 11.6 Å². The van der Waals surface area contributed by atoms with E-state index in [0.29, 0.717) is 11.7 Å². The smallest absolute Gasteiger partial charge is 0.263 e. The molecule has 2 aromatic carbocycles. The molecular formula is C20H22N4O3S. The number of hydrogen-bond donors (Lipinski definition) is 2. The molecule has 0 unspecified atom stereocenters. The fourth-order valence-electron chi connectivity index (χ4n) is 2.50. The van der Waals surface area contributed by atoms with Crippen molar-refractivity contribution in [2.24, 2.45) is 0 Å². The molecule has 1 aromatic heterocycles. The Balaban J connectivity index is 1.68. The van der Waals surface area contributed by atoms with Crippen molar-refractivity contribution in [1.29, 1.82) is 0 Å². The topological polar surface area (TPSA) is 93.2 Å². The molecule has 0 saturated heterocycles. The van der Waals surface area contributed by atoms with Crippen LogP contribution in [0.25, 0.3) is 0 Å². The number of rotatable bonds is 7. The summed E-state index contributed by atoms with van der Waals surface area (Å²) in [5.74, 6) is 1.73. The van der Waals surface area contributed by atoms with Gasteiger partial charge in [-0.1, -0.05) is 26.0 Å². The van der Waals surface area contributed by atoms with Crippen molar-refractivity contribution >= 4 is 27.3 Å². The fraction of sp³-hybridized carbons (Fsp3) is 0.200. The predicted molar refractivity (Wildman–Crippen MR) is 110 cm³/mol. The van der Waals surface area contributed by atoms with Gasteiger partial charge in [0.25, 0.3) is 10.0 Å². The molecule has 0 amide bonds. The molecule has 0 bridgehead atoms. The van der Waals surface area contributed by atoms with Crippen LogP contribution in [0.1, 0.15) is 25.3 Å². The van der Waals surface area contributed by atoms with E-state index in [4.69, 9.17) is 4.74 Å². The van der Waals surface area contributed by atoms with Gasteiger partial charge in [-0.2, -0.15) is 0 Å². The first-order valence-corrected chi connectivity index (χ1v) is 10.2. The molecule has 0 spiro atoms. The highest BCUT2D eigenvalue weighted by Crippen LogP contribution is 2.21. The summed E-state index contributed by atoms with van der Waals surface area (Å²) in [6.45, 7) is 4.11. The van der Waals surface area contributed by atoms with E-state index in [9.17, 15) is 8.42 Å². The molecule has 8 heteroatoms. The maximum absolute atomic E-state index is 12.5. The zero-order valence-electron chi connectivity index (χ0n) is 15.9. The molecule has 2 N–H and O–H groups in total. The van der Waals surface area contributed by atoms with Gasteiger partial charge < -0.3 is 10.1 Å². The third-order valence-corrected chi connectivity index (χ3v) is 5.49. The first-order chi connectivity index (χ1) is 13.4. The minimum Gasteiger partial charge on any atom is -0.497 e. The van der Waals surface area contributed by atoms with Crippen molar-refractivity contribution in [3.05, 3.63) is 66.2 Å². The summed E-state index contributed by atoms with van der Waals surface area (Å²) in [4.78, 5) is 0.180. The Hall–Kier alpha value is -3.13. The number of nitrogens with one attached hydrogen (secondary N) is 2. The molecule has 0 saturated carbocycles. The van der Waals surface area contributed by atoms with Crippen LogP contribution in [-0.2, 0) is 10.0 Å². The van der Waals surface area contributed by atoms with Gasteiger partial charge in [-0.05, 0) is 60.0 Å². The number of anilines is 3. The summed E-state index contributed by atoms with van der Waals surface area (Å²) in [6.07, 6.45) is 0. The lowest BCUT2D eigenvalue weighted by atomic mass is 10.0. The minimum atomic E-state index is -3.72. The van der Waals surface area contributed by atoms with Crippen molar-refractivity contribution in [3.63, 3.8) is 0 Å². The quantitative estimate of drug-likeness (QED) is 0.621. The zero-order valence-corrected chi connectivity index (χ0v) is 16.7. The van der Waals surface area contributed by atoms with Gasteiger partial charge >= 0.3 is 0 Å². The van der Waals surface area contributed by atoms with E-state index >= 15 is 0 Å². The maximum atomic E-state index is 12.5. The Kier molecular flexibility index (Phi) is 5.79. The molecule has 7 nitrogen and oxygen atoms in total. The minimum absolute atomic E-state index is 0.146. The molecule has 0 aliphatic rings. The molecule has 0 atom stereocenters. The van der Waals surface area contributed by atoms with Gasteiger partial charge in [0.1, 0.15) is 5.75 Å². The van der Waals surface area contributed by atoms with E-state index in [-0.39, 0.29) is 10.7 Å². The summed E-state index contributed by atoms with van der Waals surface area (Å²) < 4.78 is 32.6. The Morgan fingerprint density at radius 3 is 2.00 bits per heavy atom. The van der Waals surface area contributed by atoms with E-state index in [1.54, 1.807) is 31.4 Å². The monoisotopic (exact) mass is 398 g/mol. The van der Waals surface area contributed by atoms with Gasteiger partial charge in [0.2, 0.25) is 0 Å². The lowest BCUT2D eigenvalue weighted by Gasteiger charge is -2.10. The van der Waals surface area contributed by atoms with Crippen molar-refractivity contribution in [2.45, 2.75) is 24.7 Å². The maximum Gasteiger partial charge on any atom is 0.263 e. The Morgan fingerprint density at radius 2 is 1.46 bits per heavy atom. The van der Waals surface area contributed by atoms with Crippen molar-refractivity contribution in [3.8, 4) is 5.75 Å². The highest BCUT2D eigenvalue weighted by atomic mass is 32.2. The summed E-state index contributed by atoms with van der Waals surface area (Å²) >= 11 is 0. The normalized spacial score (nSPS) is 11.3. The molecule has 0 aliphatic carbocycles. The van der Waals surface area contributed by atoms with E-state index in [1.807, 2.05) is 36.4 Å². The third-order valence-electron chi connectivity index (χ3n) is 4.12. The van der Waals surface area contributed by atoms with Crippen LogP contribution in [0.2, 0.25) is 0 Å². The molecule has 0 aliphatic heterocycles. The molecule has 3 rings (SSSR count). The lowest BCUT2D eigenvalue weighted by Crippen LogP contribution is -2.14. The third kappa shape index (κ3) is 4.77. The summed E-state index contributed by atoms with van der Waals surface area (Å²) in [5, 5.41) is 11.0. The molecule has 0 radical (unpaired) electrons. The summed E-state index contributed by atoms with van der Waals surface area (Å²) in [5.41, 5.74) is 1.89. The number of ether oxygens (including phenoxy) is 1. The molecule has 0 fully saturated rings. The Morgan fingerprint density at radius 1 is 0.857 bits per heavy atom. The van der Waals surface area contributed by atoms with Gasteiger partial charge in [0, 0.05) is 5.69 Å². The van der Waals surface area contributed by atoms with Crippen molar-refractivity contribution in [1.82, 2.24) is 10.2 Å². The second-order valence-electron chi connectivity index (χ2n) is 6.49. The van der Waals surface area contributed by atoms with Crippen LogP contribution in [0.4, 0.5) is 17.3 Å². The highest BCUT2D eigenvalue weighted by Gasteiger charge is 2.15. The number of hydrogen-bond acceptors (Lipinski definition) is 6. The van der Waals surface area contributed by atoms with Crippen LogP contribution >= 0.6 is 0 Å². The first-order valence-electron chi connectivity index (χ1n) is 8.75. The largest absolute Gasteiger partial charge is 0.497 e. The van der Waals surface area contributed by atoms with Crippen molar-refractivity contribution in [2.75, 3.05) is 17.1 Å². The average molecular weight is 398 g/mol. The van der Waals surface area contributed by atoms with Gasteiger partial charge in [-0.25, -0.2) is 8.42 Å². The van der Waals surface area contributed by atoms with Gasteiger partial charge in [0.05, 0.1) is 12.0 Å². The second kappa shape index (κ2) is 8.26. The fourth-order valence-corrected chi connectivity index (χ4v) is 3.50. The van der Waals surface area contributed by atoms with Crippen LogP contribution in [0.5, 0.6) is 5.75 Å². The van der Waals surface area contributed by atoms with Gasteiger partial charge in [-0.15, -0.1) is 10.2 Å². The Labute approximate surface area is 164 Å². The van der Waals surface area contributed by atoms with Crippen LogP contribution in [-0.4, -0.2) is 25.7 Å². The molecule has 28 heavy (non-hydrogen) atoms. The SMILES string of the molecule is COc1ccc(Nc2ccc(NS(=O)(=O)c3ccc(C(C)C)cc3)nn2)cc1. The number of methoxy groups -OCH3 is 1. The molecule has 3 aromatic rings. The number of nitrogens with zero attached hydrogens (tertiary/aromatic N) is 2. The lowest BCUT2D eigenvalue weighted by molar-refractivity contribution is 0.415. The number of benzene rings is 2. The van der Waals surface area contributed by atoms with E-state index in [1.165, 1.54) is 0 Å².